The van der Waals surface area contributed by atoms with Gasteiger partial charge in [0.05, 0.1) is 17.2 Å². The summed E-state index contributed by atoms with van der Waals surface area (Å²) in [7, 11) is 0. The molecule has 10 heteroatoms. The van der Waals surface area contributed by atoms with E-state index in [9.17, 15) is 24.1 Å². The normalized spacial score (nSPS) is 14.2. The van der Waals surface area contributed by atoms with Gasteiger partial charge in [-0.05, 0) is 54.5 Å². The number of para-hydroxylation sites is 1. The molecular weight excluding hydrogens is 457 g/mol. The summed E-state index contributed by atoms with van der Waals surface area (Å²) in [5, 5.41) is 12.9. The van der Waals surface area contributed by atoms with Gasteiger partial charge in [0.1, 0.15) is 18.0 Å². The number of amides is 2. The number of nitrogens with zero attached hydrogens (tertiary/aromatic N) is 2. The van der Waals surface area contributed by atoms with Crippen LogP contribution in [-0.4, -0.2) is 23.3 Å². The van der Waals surface area contributed by atoms with E-state index in [1.807, 2.05) is 0 Å². The summed E-state index contributed by atoms with van der Waals surface area (Å²) >= 11 is 0. The van der Waals surface area contributed by atoms with Crippen molar-refractivity contribution in [2.45, 2.75) is 13.5 Å². The van der Waals surface area contributed by atoms with E-state index in [0.29, 0.717) is 11.3 Å². The molecule has 1 aliphatic rings. The standard InChI is InChI=1S/C25H20FN3O6/c1-2-34-22-14-17(12-20-24(30)27-28(25(20)31)19-6-4-3-5-7-19)13-21(29(32)33)23(22)35-15-16-8-10-18(26)11-9-16/h3-14H,2,15H2,1H3,(H,27,30). The number of benzene rings is 3. The summed E-state index contributed by atoms with van der Waals surface area (Å²) in [6, 6.07) is 16.7. The van der Waals surface area contributed by atoms with Gasteiger partial charge in [0.25, 0.3) is 11.8 Å². The molecule has 1 N–H and O–H groups in total. The molecule has 0 aliphatic carbocycles. The molecule has 3 aromatic rings. The molecule has 1 saturated heterocycles. The molecule has 0 bridgehead atoms. The Bertz CT molecular complexity index is 1310. The van der Waals surface area contributed by atoms with Crippen molar-refractivity contribution in [3.63, 3.8) is 0 Å². The number of hydrogen-bond donors (Lipinski definition) is 1. The summed E-state index contributed by atoms with van der Waals surface area (Å²) in [5.74, 6) is -1.70. The first-order chi connectivity index (χ1) is 16.9. The molecular formula is C25H20FN3O6. The van der Waals surface area contributed by atoms with Gasteiger partial charge in [-0.2, -0.15) is 0 Å². The highest BCUT2D eigenvalue weighted by Gasteiger charge is 2.34. The summed E-state index contributed by atoms with van der Waals surface area (Å²) < 4.78 is 24.4. The van der Waals surface area contributed by atoms with E-state index in [-0.39, 0.29) is 35.8 Å². The highest BCUT2D eigenvalue weighted by Crippen LogP contribution is 2.40. The van der Waals surface area contributed by atoms with Gasteiger partial charge in [0.15, 0.2) is 5.75 Å². The highest BCUT2D eigenvalue weighted by molar-refractivity contribution is 6.31. The van der Waals surface area contributed by atoms with Gasteiger partial charge in [0, 0.05) is 6.07 Å². The van der Waals surface area contributed by atoms with Crippen LogP contribution in [0, 0.1) is 15.9 Å². The van der Waals surface area contributed by atoms with Crippen molar-refractivity contribution in [1.82, 2.24) is 5.43 Å². The Hall–Kier alpha value is -4.73. The second-order valence-electron chi connectivity index (χ2n) is 7.45. The topological polar surface area (TPSA) is 111 Å². The Kier molecular flexibility index (Phi) is 6.72. The highest BCUT2D eigenvalue weighted by atomic mass is 19.1. The monoisotopic (exact) mass is 477 g/mol. The van der Waals surface area contributed by atoms with E-state index in [4.69, 9.17) is 9.47 Å². The van der Waals surface area contributed by atoms with Crippen molar-refractivity contribution in [2.75, 3.05) is 11.6 Å². The van der Waals surface area contributed by atoms with Crippen LogP contribution in [0.2, 0.25) is 0 Å². The Morgan fingerprint density at radius 2 is 1.77 bits per heavy atom. The summed E-state index contributed by atoms with van der Waals surface area (Å²) in [4.78, 5) is 36.5. The van der Waals surface area contributed by atoms with E-state index in [2.05, 4.69) is 5.43 Å². The second-order valence-corrected chi connectivity index (χ2v) is 7.45. The predicted molar refractivity (Wildman–Crippen MR) is 125 cm³/mol. The van der Waals surface area contributed by atoms with Crippen LogP contribution in [0.25, 0.3) is 6.08 Å². The molecule has 4 rings (SSSR count). The number of hydrazine groups is 1. The smallest absolute Gasteiger partial charge is 0.315 e. The second kappa shape index (κ2) is 10.0. The van der Waals surface area contributed by atoms with E-state index in [1.54, 1.807) is 37.3 Å². The maximum absolute atomic E-state index is 13.2. The number of ether oxygens (including phenoxy) is 2. The first-order valence-electron chi connectivity index (χ1n) is 10.6. The van der Waals surface area contributed by atoms with Crippen molar-refractivity contribution in [3.05, 3.63) is 99.4 Å². The molecule has 0 atom stereocenters. The van der Waals surface area contributed by atoms with Crippen LogP contribution in [0.1, 0.15) is 18.1 Å². The molecule has 2 amide bonds. The molecule has 0 unspecified atom stereocenters. The van der Waals surface area contributed by atoms with Crippen molar-refractivity contribution < 1.29 is 28.4 Å². The third-order valence-electron chi connectivity index (χ3n) is 5.07. The average Bonchev–Trinajstić information content (AvgIpc) is 3.13. The number of halogens is 1. The lowest BCUT2D eigenvalue weighted by atomic mass is 10.1. The van der Waals surface area contributed by atoms with Crippen LogP contribution in [0.15, 0.2) is 72.3 Å². The molecule has 0 spiro atoms. The summed E-state index contributed by atoms with van der Waals surface area (Å²) in [6.07, 6.45) is 1.26. The number of carbonyl (C=O) groups is 2. The first kappa shape index (κ1) is 23.4. The lowest BCUT2D eigenvalue weighted by Gasteiger charge is -2.14. The number of nitro groups is 1. The minimum absolute atomic E-state index is 0.0610. The van der Waals surface area contributed by atoms with Gasteiger partial charge < -0.3 is 9.47 Å². The van der Waals surface area contributed by atoms with Crippen LogP contribution < -0.4 is 19.9 Å². The largest absolute Gasteiger partial charge is 0.490 e. The number of carbonyl (C=O) groups excluding carboxylic acids is 2. The fraction of sp³-hybridized carbons (Fsp3) is 0.120. The molecule has 1 heterocycles. The fourth-order valence-electron chi connectivity index (χ4n) is 3.45. The first-order valence-corrected chi connectivity index (χ1v) is 10.6. The molecule has 1 fully saturated rings. The summed E-state index contributed by atoms with van der Waals surface area (Å²) in [5.41, 5.74) is 3.17. The van der Waals surface area contributed by atoms with Crippen LogP contribution >= 0.6 is 0 Å². The van der Waals surface area contributed by atoms with E-state index in [0.717, 1.165) is 5.01 Å². The van der Waals surface area contributed by atoms with Crippen molar-refractivity contribution in [1.29, 1.82) is 0 Å². The SMILES string of the molecule is CCOc1cc(C=C2C(=O)NN(c3ccccc3)C2=O)cc([N+](=O)[O-])c1OCc1ccc(F)cc1. The number of nitro benzene ring substituents is 1. The van der Waals surface area contributed by atoms with Gasteiger partial charge in [0.2, 0.25) is 5.75 Å². The van der Waals surface area contributed by atoms with Gasteiger partial charge in [-0.25, -0.2) is 9.40 Å². The van der Waals surface area contributed by atoms with Crippen LogP contribution in [-0.2, 0) is 16.2 Å². The van der Waals surface area contributed by atoms with Crippen molar-refractivity contribution in [3.8, 4) is 11.5 Å². The van der Waals surface area contributed by atoms with Crippen molar-refractivity contribution >= 4 is 29.3 Å². The molecule has 178 valence electrons. The number of anilines is 1. The molecule has 0 saturated carbocycles. The summed E-state index contributed by atoms with van der Waals surface area (Å²) in [6.45, 7) is 1.83. The van der Waals surface area contributed by atoms with E-state index < -0.39 is 28.2 Å². The minimum Gasteiger partial charge on any atom is -0.490 e. The number of nitrogens with one attached hydrogen (secondary N) is 1. The lowest BCUT2D eigenvalue weighted by molar-refractivity contribution is -0.386. The minimum atomic E-state index is -0.642. The zero-order valence-corrected chi connectivity index (χ0v) is 18.6. The third kappa shape index (κ3) is 5.11. The molecule has 0 aromatic heterocycles. The zero-order valence-electron chi connectivity index (χ0n) is 18.6. The van der Waals surface area contributed by atoms with Crippen molar-refractivity contribution in [2.24, 2.45) is 0 Å². The Morgan fingerprint density at radius 1 is 1.06 bits per heavy atom. The maximum atomic E-state index is 13.2. The maximum Gasteiger partial charge on any atom is 0.315 e. The van der Waals surface area contributed by atoms with Crippen LogP contribution in [0.4, 0.5) is 15.8 Å². The molecule has 9 nitrogen and oxygen atoms in total. The Labute approximate surface area is 199 Å². The average molecular weight is 477 g/mol. The van der Waals surface area contributed by atoms with E-state index in [1.165, 1.54) is 42.5 Å². The molecule has 35 heavy (non-hydrogen) atoms. The van der Waals surface area contributed by atoms with Gasteiger partial charge >= 0.3 is 5.69 Å². The van der Waals surface area contributed by atoms with E-state index >= 15 is 0 Å². The lowest BCUT2D eigenvalue weighted by Crippen LogP contribution is -2.35. The quantitative estimate of drug-likeness (QED) is 0.226. The van der Waals surface area contributed by atoms with Gasteiger partial charge in [-0.1, -0.05) is 30.3 Å². The number of rotatable bonds is 8. The van der Waals surface area contributed by atoms with Gasteiger partial charge in [-0.3, -0.25) is 25.1 Å². The fourth-order valence-corrected chi connectivity index (χ4v) is 3.45. The van der Waals surface area contributed by atoms with Crippen LogP contribution in [0.3, 0.4) is 0 Å². The molecule has 0 radical (unpaired) electrons. The van der Waals surface area contributed by atoms with Gasteiger partial charge in [-0.15, -0.1) is 0 Å². The Morgan fingerprint density at radius 3 is 2.43 bits per heavy atom. The number of hydrogen-bond acceptors (Lipinski definition) is 6. The third-order valence-corrected chi connectivity index (χ3v) is 5.07. The Balaban J connectivity index is 1.68. The molecule has 1 aliphatic heterocycles. The molecule has 3 aromatic carbocycles. The van der Waals surface area contributed by atoms with Crippen LogP contribution in [0.5, 0.6) is 11.5 Å². The zero-order chi connectivity index (χ0) is 24.9. The predicted octanol–water partition coefficient (Wildman–Crippen LogP) is 4.17.